The van der Waals surface area contributed by atoms with Gasteiger partial charge >= 0.3 is 0 Å². The smallest absolute Gasteiger partial charge is 0.269 e. The minimum absolute atomic E-state index is 0.0457. The van der Waals surface area contributed by atoms with Crippen LogP contribution in [0.1, 0.15) is 11.1 Å². The molecule has 6 heteroatoms. The van der Waals surface area contributed by atoms with Crippen LogP contribution in [-0.4, -0.2) is 16.6 Å². The average molecular weight is 316 g/mol. The van der Waals surface area contributed by atoms with E-state index in [0.29, 0.717) is 0 Å². The number of nitro benzene ring substituents is 1. The third kappa shape index (κ3) is 4.08. The molecule has 5 nitrogen and oxygen atoms in total. The molecule has 0 bridgehead atoms. The molecule has 0 aliphatic carbocycles. The summed E-state index contributed by atoms with van der Waals surface area (Å²) in [6.45, 7) is 3.90. The number of anilines is 1. The van der Waals surface area contributed by atoms with Gasteiger partial charge in [0.05, 0.1) is 10.7 Å². The molecule has 1 amide bonds. The average Bonchev–Trinajstić information content (AvgIpc) is 2.49. The zero-order valence-corrected chi connectivity index (χ0v) is 13.1. The fraction of sp³-hybridized carbons (Fsp3) is 0.188. The quantitative estimate of drug-likeness (QED) is 0.515. The highest BCUT2D eigenvalue weighted by molar-refractivity contribution is 8.00. The number of nitro groups is 1. The van der Waals surface area contributed by atoms with E-state index in [0.717, 1.165) is 21.7 Å². The van der Waals surface area contributed by atoms with E-state index < -0.39 is 4.92 Å². The lowest BCUT2D eigenvalue weighted by molar-refractivity contribution is -0.384. The van der Waals surface area contributed by atoms with Gasteiger partial charge in [-0.25, -0.2) is 0 Å². The first kappa shape index (κ1) is 16.0. The van der Waals surface area contributed by atoms with E-state index in [1.54, 1.807) is 12.1 Å². The van der Waals surface area contributed by atoms with Gasteiger partial charge in [-0.1, -0.05) is 18.2 Å². The first-order valence-electron chi connectivity index (χ1n) is 6.70. The topological polar surface area (TPSA) is 72.2 Å². The highest BCUT2D eigenvalue weighted by Gasteiger charge is 2.09. The Morgan fingerprint density at radius 3 is 2.27 bits per heavy atom. The van der Waals surface area contributed by atoms with Gasteiger partial charge < -0.3 is 5.32 Å². The molecule has 22 heavy (non-hydrogen) atoms. The van der Waals surface area contributed by atoms with Crippen molar-refractivity contribution in [3.05, 3.63) is 63.7 Å². The molecule has 0 aromatic heterocycles. The molecule has 0 atom stereocenters. The molecule has 0 aliphatic rings. The molecular weight excluding hydrogens is 300 g/mol. The molecule has 2 aromatic carbocycles. The van der Waals surface area contributed by atoms with Gasteiger partial charge in [-0.2, -0.15) is 0 Å². The van der Waals surface area contributed by atoms with Crippen molar-refractivity contribution >= 4 is 29.0 Å². The summed E-state index contributed by atoms with van der Waals surface area (Å²) in [6.07, 6.45) is 0. The summed E-state index contributed by atoms with van der Waals surface area (Å²) in [5.74, 6) is 0.159. The highest BCUT2D eigenvalue weighted by atomic mass is 32.2. The van der Waals surface area contributed by atoms with Gasteiger partial charge in [0.1, 0.15) is 0 Å². The van der Waals surface area contributed by atoms with Crippen LogP contribution in [0.25, 0.3) is 0 Å². The number of carbonyl (C=O) groups is 1. The number of nitrogens with zero attached hydrogens (tertiary/aromatic N) is 1. The van der Waals surface area contributed by atoms with Crippen LogP contribution < -0.4 is 5.32 Å². The van der Waals surface area contributed by atoms with Crippen LogP contribution in [0.2, 0.25) is 0 Å². The number of carbonyl (C=O) groups excluding carboxylic acids is 1. The minimum Gasteiger partial charge on any atom is -0.325 e. The predicted molar refractivity (Wildman–Crippen MR) is 88.4 cm³/mol. The molecule has 114 valence electrons. The van der Waals surface area contributed by atoms with Crippen molar-refractivity contribution < 1.29 is 9.72 Å². The van der Waals surface area contributed by atoms with E-state index >= 15 is 0 Å². The molecular formula is C16H16N2O3S. The van der Waals surface area contributed by atoms with Crippen molar-refractivity contribution in [2.45, 2.75) is 18.7 Å². The van der Waals surface area contributed by atoms with Gasteiger partial charge in [-0.05, 0) is 37.1 Å². The second-order valence-corrected chi connectivity index (χ2v) is 5.90. The number of hydrogen-bond donors (Lipinski definition) is 1. The van der Waals surface area contributed by atoms with Crippen molar-refractivity contribution in [2.24, 2.45) is 0 Å². The van der Waals surface area contributed by atoms with Gasteiger partial charge in [-0.15, -0.1) is 11.8 Å². The summed E-state index contributed by atoms with van der Waals surface area (Å²) in [7, 11) is 0. The van der Waals surface area contributed by atoms with E-state index in [-0.39, 0.29) is 17.3 Å². The maximum Gasteiger partial charge on any atom is 0.269 e. The van der Waals surface area contributed by atoms with E-state index in [9.17, 15) is 14.9 Å². The highest BCUT2D eigenvalue weighted by Crippen LogP contribution is 2.23. The van der Waals surface area contributed by atoms with E-state index in [2.05, 4.69) is 5.32 Å². The molecule has 2 aromatic rings. The van der Waals surface area contributed by atoms with E-state index in [1.165, 1.54) is 23.9 Å². The Morgan fingerprint density at radius 1 is 1.14 bits per heavy atom. The summed E-state index contributed by atoms with van der Waals surface area (Å²) in [5.41, 5.74) is 2.93. The van der Waals surface area contributed by atoms with Crippen molar-refractivity contribution in [1.82, 2.24) is 0 Å². The molecule has 0 aliphatic heterocycles. The minimum atomic E-state index is -0.442. The van der Waals surface area contributed by atoms with Crippen LogP contribution in [-0.2, 0) is 4.79 Å². The van der Waals surface area contributed by atoms with Gasteiger partial charge in [0, 0.05) is 22.7 Å². The maximum atomic E-state index is 12.0. The van der Waals surface area contributed by atoms with E-state index in [1.807, 2.05) is 32.0 Å². The second kappa shape index (κ2) is 7.09. The predicted octanol–water partition coefficient (Wildman–Crippen LogP) is 3.94. The Kier molecular flexibility index (Phi) is 5.16. The largest absolute Gasteiger partial charge is 0.325 e. The lowest BCUT2D eigenvalue weighted by Gasteiger charge is -2.11. The molecule has 0 saturated carbocycles. The number of rotatable bonds is 5. The Labute approximate surface area is 132 Å². The fourth-order valence-corrected chi connectivity index (χ4v) is 2.70. The SMILES string of the molecule is Cc1cccc(C)c1NC(=O)CSc1ccc([N+](=O)[O-])cc1. The normalized spacial score (nSPS) is 10.3. The molecule has 0 fully saturated rings. The van der Waals surface area contributed by atoms with Gasteiger partial charge in [0.2, 0.25) is 5.91 Å². The van der Waals surface area contributed by atoms with Crippen LogP contribution in [0.3, 0.4) is 0 Å². The molecule has 2 rings (SSSR count). The van der Waals surface area contributed by atoms with E-state index in [4.69, 9.17) is 0 Å². The van der Waals surface area contributed by atoms with Crippen LogP contribution in [0.5, 0.6) is 0 Å². The number of hydrogen-bond acceptors (Lipinski definition) is 4. The van der Waals surface area contributed by atoms with Crippen LogP contribution in [0.15, 0.2) is 47.4 Å². The van der Waals surface area contributed by atoms with Crippen LogP contribution in [0.4, 0.5) is 11.4 Å². The Balaban J connectivity index is 1.94. The number of aryl methyl sites for hydroxylation is 2. The molecule has 0 heterocycles. The summed E-state index contributed by atoms with van der Waals surface area (Å²) >= 11 is 1.35. The Morgan fingerprint density at radius 2 is 1.73 bits per heavy atom. The van der Waals surface area contributed by atoms with Crippen LogP contribution >= 0.6 is 11.8 Å². The summed E-state index contributed by atoms with van der Waals surface area (Å²) in [5, 5.41) is 13.5. The summed E-state index contributed by atoms with van der Waals surface area (Å²) in [6, 6.07) is 12.0. The Hall–Kier alpha value is -2.34. The van der Waals surface area contributed by atoms with Crippen molar-refractivity contribution in [3.8, 4) is 0 Å². The fourth-order valence-electron chi connectivity index (χ4n) is 2.00. The number of benzene rings is 2. The number of nitrogens with one attached hydrogen (secondary N) is 1. The molecule has 0 unspecified atom stereocenters. The van der Waals surface area contributed by atoms with Crippen molar-refractivity contribution in [1.29, 1.82) is 0 Å². The molecule has 1 N–H and O–H groups in total. The number of amides is 1. The first-order chi connectivity index (χ1) is 10.5. The monoisotopic (exact) mass is 316 g/mol. The Bertz CT molecular complexity index is 679. The second-order valence-electron chi connectivity index (χ2n) is 4.85. The molecule has 0 spiro atoms. The zero-order valence-electron chi connectivity index (χ0n) is 12.3. The number of para-hydroxylation sites is 1. The van der Waals surface area contributed by atoms with Crippen molar-refractivity contribution in [3.63, 3.8) is 0 Å². The molecule has 0 saturated heterocycles. The van der Waals surface area contributed by atoms with Gasteiger partial charge in [0.15, 0.2) is 0 Å². The lowest BCUT2D eigenvalue weighted by atomic mass is 10.1. The van der Waals surface area contributed by atoms with Crippen molar-refractivity contribution in [2.75, 3.05) is 11.1 Å². The van der Waals surface area contributed by atoms with Gasteiger partial charge in [-0.3, -0.25) is 14.9 Å². The third-order valence-electron chi connectivity index (χ3n) is 3.16. The first-order valence-corrected chi connectivity index (χ1v) is 7.69. The number of non-ortho nitro benzene ring substituents is 1. The third-order valence-corrected chi connectivity index (χ3v) is 4.18. The maximum absolute atomic E-state index is 12.0. The van der Waals surface area contributed by atoms with Gasteiger partial charge in [0.25, 0.3) is 5.69 Å². The standard InChI is InChI=1S/C16H16N2O3S/c1-11-4-3-5-12(2)16(11)17-15(19)10-22-14-8-6-13(7-9-14)18(20)21/h3-9H,10H2,1-2H3,(H,17,19). The number of thioether (sulfide) groups is 1. The zero-order chi connectivity index (χ0) is 16.1. The summed E-state index contributed by atoms with van der Waals surface area (Å²) < 4.78 is 0. The summed E-state index contributed by atoms with van der Waals surface area (Å²) in [4.78, 5) is 23.0. The molecule has 0 radical (unpaired) electrons. The van der Waals surface area contributed by atoms with Crippen LogP contribution in [0, 0.1) is 24.0 Å². The lowest BCUT2D eigenvalue weighted by Crippen LogP contribution is -2.15.